The van der Waals surface area contributed by atoms with E-state index in [1.807, 2.05) is 12.3 Å². The van der Waals surface area contributed by atoms with Crippen LogP contribution in [0.4, 0.5) is 0 Å². The van der Waals surface area contributed by atoms with Crippen molar-refractivity contribution < 1.29 is 0 Å². The van der Waals surface area contributed by atoms with Crippen LogP contribution in [-0.2, 0) is 0 Å². The first-order chi connectivity index (χ1) is 9.27. The zero-order chi connectivity index (χ0) is 14.2. The first kappa shape index (κ1) is 17.6. The van der Waals surface area contributed by atoms with Crippen molar-refractivity contribution in [3.8, 4) is 0 Å². The number of nitrogens with two attached hydrogens (primary N) is 1. The third-order valence-corrected chi connectivity index (χ3v) is 2.85. The Hall–Kier alpha value is -1.44. The van der Waals surface area contributed by atoms with Crippen molar-refractivity contribution in [1.82, 2.24) is 5.32 Å². The zero-order valence-corrected chi connectivity index (χ0v) is 12.2. The van der Waals surface area contributed by atoms with Gasteiger partial charge >= 0.3 is 0 Å². The van der Waals surface area contributed by atoms with E-state index in [-0.39, 0.29) is 0 Å². The fraction of sp³-hybridized carbons (Fsp3) is 0.529. The molecule has 0 unspecified atom stereocenters. The summed E-state index contributed by atoms with van der Waals surface area (Å²) in [4.78, 5) is 0. The smallest absolute Gasteiger partial charge is 0.0925 e. The molecular weight excluding hydrogens is 232 g/mol. The van der Waals surface area contributed by atoms with E-state index in [2.05, 4.69) is 36.7 Å². The van der Waals surface area contributed by atoms with Gasteiger partial charge in [-0.2, -0.15) is 0 Å². The third-order valence-electron chi connectivity index (χ3n) is 2.85. The van der Waals surface area contributed by atoms with E-state index < -0.39 is 0 Å². The number of hydrogen-bond acceptors (Lipinski definition) is 2. The monoisotopic (exact) mass is 262 g/mol. The lowest BCUT2D eigenvalue weighted by Crippen LogP contribution is -2.11. The van der Waals surface area contributed by atoms with Crippen LogP contribution in [-0.4, -0.2) is 0 Å². The molecule has 19 heavy (non-hydrogen) atoms. The van der Waals surface area contributed by atoms with Gasteiger partial charge in [-0.15, -0.1) is 6.58 Å². The summed E-state index contributed by atoms with van der Waals surface area (Å²) < 4.78 is 0. The normalized spacial score (nSPS) is 11.2. The summed E-state index contributed by atoms with van der Waals surface area (Å²) in [5, 5.41) is 2.88. The molecule has 3 N–H and O–H groups in total. The van der Waals surface area contributed by atoms with Crippen LogP contribution >= 0.6 is 0 Å². The molecule has 2 heteroatoms. The largest absolute Gasteiger partial charge is 0.386 e. The lowest BCUT2D eigenvalue weighted by Gasteiger charge is -2.00. The van der Waals surface area contributed by atoms with Gasteiger partial charge in [-0.1, -0.05) is 56.6 Å². The Morgan fingerprint density at radius 1 is 0.895 bits per heavy atom. The van der Waals surface area contributed by atoms with Crippen LogP contribution in [0, 0.1) is 0 Å². The zero-order valence-electron chi connectivity index (χ0n) is 12.2. The molecule has 0 fully saturated rings. The summed E-state index contributed by atoms with van der Waals surface area (Å²) in [7, 11) is 0. The molecule has 0 aliphatic heterocycles. The number of hydrogen-bond donors (Lipinski definition) is 2. The average Bonchev–Trinajstić information content (AvgIpc) is 2.39. The molecule has 0 aromatic heterocycles. The molecule has 0 atom stereocenters. The van der Waals surface area contributed by atoms with Crippen LogP contribution in [0.1, 0.15) is 57.8 Å². The van der Waals surface area contributed by atoms with Crippen molar-refractivity contribution in [2.75, 3.05) is 0 Å². The van der Waals surface area contributed by atoms with Crippen molar-refractivity contribution >= 4 is 0 Å². The molecule has 108 valence electrons. The Kier molecular flexibility index (Phi) is 13.5. The molecule has 0 aliphatic rings. The van der Waals surface area contributed by atoms with Crippen molar-refractivity contribution in [1.29, 1.82) is 0 Å². The number of unbranched alkanes of at least 4 members (excludes halogenated alkanes) is 7. The van der Waals surface area contributed by atoms with E-state index in [0.29, 0.717) is 5.82 Å². The SMILES string of the molecule is C=CC/C=C/CCCCCCCC/C=C/NC(=C)N. The van der Waals surface area contributed by atoms with Gasteiger partial charge in [-0.25, -0.2) is 0 Å². The summed E-state index contributed by atoms with van der Waals surface area (Å²) in [6.07, 6.45) is 21.7. The Balaban J connectivity index is 3.12. The van der Waals surface area contributed by atoms with Crippen LogP contribution in [0.3, 0.4) is 0 Å². The van der Waals surface area contributed by atoms with Crippen LogP contribution < -0.4 is 11.1 Å². The van der Waals surface area contributed by atoms with Gasteiger partial charge in [0.1, 0.15) is 0 Å². The Bertz CT molecular complexity index is 277. The highest BCUT2D eigenvalue weighted by atomic mass is 15.0. The number of nitrogens with one attached hydrogen (secondary N) is 1. The van der Waals surface area contributed by atoms with Crippen molar-refractivity contribution in [3.63, 3.8) is 0 Å². The van der Waals surface area contributed by atoms with E-state index in [0.717, 1.165) is 12.8 Å². The highest BCUT2D eigenvalue weighted by Crippen LogP contribution is 2.09. The fourth-order valence-corrected chi connectivity index (χ4v) is 1.79. The average molecular weight is 262 g/mol. The molecule has 0 aromatic rings. The van der Waals surface area contributed by atoms with Gasteiger partial charge in [-0.3, -0.25) is 0 Å². The standard InChI is InChI=1S/C17H30N2/c1-3-4-5-6-7-8-9-10-11-12-13-14-15-16-19-17(2)18/h3,5-6,15-16,19H,1-2,4,7-14,18H2/b6-5+,16-15+. The molecule has 0 saturated heterocycles. The predicted molar refractivity (Wildman–Crippen MR) is 86.5 cm³/mol. The molecule has 2 nitrogen and oxygen atoms in total. The van der Waals surface area contributed by atoms with E-state index >= 15 is 0 Å². The van der Waals surface area contributed by atoms with Gasteiger partial charge in [0.2, 0.25) is 0 Å². The summed E-state index contributed by atoms with van der Waals surface area (Å²) in [6.45, 7) is 7.25. The molecular formula is C17H30N2. The van der Waals surface area contributed by atoms with Crippen molar-refractivity contribution in [2.24, 2.45) is 5.73 Å². The van der Waals surface area contributed by atoms with Crippen LogP contribution in [0.15, 0.2) is 49.5 Å². The quantitative estimate of drug-likeness (QED) is 0.370. The molecule has 0 aliphatic carbocycles. The van der Waals surface area contributed by atoms with Gasteiger partial charge in [0, 0.05) is 0 Å². The van der Waals surface area contributed by atoms with E-state index in [1.165, 1.54) is 44.9 Å². The molecule has 0 bridgehead atoms. The lowest BCUT2D eigenvalue weighted by atomic mass is 10.1. The molecule has 0 amide bonds. The lowest BCUT2D eigenvalue weighted by molar-refractivity contribution is 0.599. The first-order valence-corrected chi connectivity index (χ1v) is 7.39. The minimum Gasteiger partial charge on any atom is -0.386 e. The maximum Gasteiger partial charge on any atom is 0.0925 e. The minimum absolute atomic E-state index is 0.499. The van der Waals surface area contributed by atoms with Crippen LogP contribution in [0.5, 0.6) is 0 Å². The highest BCUT2D eigenvalue weighted by molar-refractivity contribution is 4.92. The third kappa shape index (κ3) is 16.6. The topological polar surface area (TPSA) is 38.0 Å². The fourth-order valence-electron chi connectivity index (χ4n) is 1.79. The Morgan fingerprint density at radius 3 is 2.05 bits per heavy atom. The molecule has 0 saturated carbocycles. The molecule has 0 rings (SSSR count). The van der Waals surface area contributed by atoms with Gasteiger partial charge in [0.25, 0.3) is 0 Å². The van der Waals surface area contributed by atoms with Crippen LogP contribution in [0.25, 0.3) is 0 Å². The highest BCUT2D eigenvalue weighted by Gasteiger charge is 1.89. The Labute approximate surface area is 119 Å². The first-order valence-electron chi connectivity index (χ1n) is 7.39. The van der Waals surface area contributed by atoms with Gasteiger partial charge < -0.3 is 11.1 Å². The molecule has 0 aromatic carbocycles. The molecule has 0 heterocycles. The second-order valence-corrected chi connectivity index (χ2v) is 4.77. The molecule has 0 spiro atoms. The Morgan fingerprint density at radius 2 is 1.47 bits per heavy atom. The molecule has 0 radical (unpaired) electrons. The van der Waals surface area contributed by atoms with Crippen LogP contribution in [0.2, 0.25) is 0 Å². The summed E-state index contributed by atoms with van der Waals surface area (Å²) in [5.74, 6) is 0.499. The predicted octanol–water partition coefficient (Wildman–Crippen LogP) is 4.77. The van der Waals surface area contributed by atoms with Crippen molar-refractivity contribution in [3.05, 3.63) is 49.5 Å². The van der Waals surface area contributed by atoms with E-state index in [1.54, 1.807) is 0 Å². The maximum absolute atomic E-state index is 5.37. The number of rotatable bonds is 13. The van der Waals surface area contributed by atoms with E-state index in [9.17, 15) is 0 Å². The summed E-state index contributed by atoms with van der Waals surface area (Å²) >= 11 is 0. The van der Waals surface area contributed by atoms with Gasteiger partial charge in [0.15, 0.2) is 0 Å². The summed E-state index contributed by atoms with van der Waals surface area (Å²) in [6, 6.07) is 0. The second kappa shape index (κ2) is 14.6. The number of allylic oxidation sites excluding steroid dienone is 4. The second-order valence-electron chi connectivity index (χ2n) is 4.77. The summed E-state index contributed by atoms with van der Waals surface area (Å²) in [5.41, 5.74) is 5.37. The minimum atomic E-state index is 0.499. The van der Waals surface area contributed by atoms with E-state index in [4.69, 9.17) is 5.73 Å². The van der Waals surface area contributed by atoms with Crippen molar-refractivity contribution in [2.45, 2.75) is 57.8 Å². The maximum atomic E-state index is 5.37. The van der Waals surface area contributed by atoms with Gasteiger partial charge in [0.05, 0.1) is 5.82 Å². The van der Waals surface area contributed by atoms with Gasteiger partial charge in [-0.05, 0) is 38.3 Å².